The molecule has 1 atom stereocenters. The molecule has 1 aliphatic heterocycles. The molecule has 1 aromatic heterocycles. The van der Waals surface area contributed by atoms with Crippen LogP contribution in [0.5, 0.6) is 0 Å². The number of halogens is 1. The van der Waals surface area contributed by atoms with Crippen LogP contribution in [-0.4, -0.2) is 48.6 Å². The number of aliphatic imine (C=N–C) groups is 1. The van der Waals surface area contributed by atoms with Gasteiger partial charge in [-0.05, 0) is 57.8 Å². The Balaban J connectivity index is 0.00000300. The number of hydrogen-bond acceptors (Lipinski definition) is 4. The highest BCUT2D eigenvalue weighted by Gasteiger charge is 2.21. The summed E-state index contributed by atoms with van der Waals surface area (Å²) in [7, 11) is 0. The van der Waals surface area contributed by atoms with Crippen molar-refractivity contribution in [2.45, 2.75) is 40.2 Å². The highest BCUT2D eigenvalue weighted by Crippen LogP contribution is 2.19. The number of likely N-dealkylation sites (tertiary alicyclic amines) is 1. The first kappa shape index (κ1) is 23.7. The maximum Gasteiger partial charge on any atom is 0.226 e. The second-order valence-corrected chi connectivity index (χ2v) is 7.54. The molecule has 2 heterocycles. The lowest BCUT2D eigenvalue weighted by molar-refractivity contribution is 0.324. The van der Waals surface area contributed by atoms with Crippen LogP contribution in [0, 0.1) is 12.8 Å². The van der Waals surface area contributed by atoms with Crippen LogP contribution in [0.3, 0.4) is 0 Å². The van der Waals surface area contributed by atoms with E-state index in [0.717, 1.165) is 30.3 Å². The summed E-state index contributed by atoms with van der Waals surface area (Å²) in [6.07, 6.45) is 4.18. The number of benzene rings is 1. The fourth-order valence-electron chi connectivity index (χ4n) is 3.55. The minimum absolute atomic E-state index is 0. The Kier molecular flexibility index (Phi) is 9.93. The van der Waals surface area contributed by atoms with Gasteiger partial charge in [0.1, 0.15) is 12.0 Å². The van der Waals surface area contributed by atoms with E-state index in [1.807, 2.05) is 12.1 Å². The summed E-state index contributed by atoms with van der Waals surface area (Å²) in [4.78, 5) is 11.8. The molecule has 2 aromatic rings. The second kappa shape index (κ2) is 12.2. The summed E-state index contributed by atoms with van der Waals surface area (Å²) >= 11 is 0. The van der Waals surface area contributed by atoms with E-state index < -0.39 is 0 Å². The molecule has 160 valence electrons. The molecule has 1 aliphatic rings. The average molecular weight is 511 g/mol. The molecule has 0 bridgehead atoms. The maximum atomic E-state index is 5.63. The largest absolute Gasteiger partial charge is 0.444 e. The van der Waals surface area contributed by atoms with E-state index in [0.29, 0.717) is 18.4 Å². The summed E-state index contributed by atoms with van der Waals surface area (Å²) in [5, 5.41) is 6.82. The van der Waals surface area contributed by atoms with Crippen molar-refractivity contribution in [2.24, 2.45) is 10.9 Å². The minimum Gasteiger partial charge on any atom is -0.444 e. The number of aryl methyl sites for hydroxylation is 1. The third-order valence-electron chi connectivity index (χ3n) is 5.06. The van der Waals surface area contributed by atoms with Crippen molar-refractivity contribution >= 4 is 29.9 Å². The molecule has 0 radical (unpaired) electrons. The first-order valence-electron chi connectivity index (χ1n) is 10.4. The third kappa shape index (κ3) is 7.29. The third-order valence-corrected chi connectivity index (χ3v) is 5.06. The zero-order valence-corrected chi connectivity index (χ0v) is 20.1. The monoisotopic (exact) mass is 511 g/mol. The van der Waals surface area contributed by atoms with Gasteiger partial charge in [0.2, 0.25) is 5.89 Å². The highest BCUT2D eigenvalue weighted by atomic mass is 127. The van der Waals surface area contributed by atoms with Gasteiger partial charge in [0, 0.05) is 25.2 Å². The van der Waals surface area contributed by atoms with Crippen LogP contribution in [0.1, 0.15) is 37.9 Å². The van der Waals surface area contributed by atoms with E-state index in [-0.39, 0.29) is 24.0 Å². The molecule has 0 spiro atoms. The number of hydrogen-bond donors (Lipinski definition) is 2. The summed E-state index contributed by atoms with van der Waals surface area (Å²) < 4.78 is 5.63. The van der Waals surface area contributed by atoms with Crippen molar-refractivity contribution in [3.63, 3.8) is 0 Å². The van der Waals surface area contributed by atoms with Gasteiger partial charge in [-0.15, -0.1) is 24.0 Å². The van der Waals surface area contributed by atoms with E-state index in [9.17, 15) is 0 Å². The van der Waals surface area contributed by atoms with E-state index in [1.165, 1.54) is 38.0 Å². The number of nitrogens with one attached hydrogen (secondary N) is 2. The lowest BCUT2D eigenvalue weighted by Gasteiger charge is -2.16. The Labute approximate surface area is 191 Å². The molecule has 1 aromatic carbocycles. The van der Waals surface area contributed by atoms with Crippen molar-refractivity contribution in [2.75, 3.05) is 32.7 Å². The lowest BCUT2D eigenvalue weighted by atomic mass is 10.1. The van der Waals surface area contributed by atoms with Gasteiger partial charge < -0.3 is 20.0 Å². The van der Waals surface area contributed by atoms with Gasteiger partial charge in [-0.25, -0.2) is 9.98 Å². The standard InChI is InChI=1S/C22H33N5O.HI/c1-4-11-27-12-10-18(15-27)13-24-22(23-5-2)25-14-20-16-28-21(26-20)19-8-6-17(3)7-9-19;/h6-9,16,18H,4-5,10-15H2,1-3H3,(H2,23,24,25);1H. The van der Waals surface area contributed by atoms with E-state index >= 15 is 0 Å². The smallest absolute Gasteiger partial charge is 0.226 e. The Morgan fingerprint density at radius 3 is 2.76 bits per heavy atom. The van der Waals surface area contributed by atoms with E-state index in [4.69, 9.17) is 4.42 Å². The van der Waals surface area contributed by atoms with Crippen LogP contribution in [0.15, 0.2) is 39.9 Å². The van der Waals surface area contributed by atoms with Crippen LogP contribution in [0.4, 0.5) is 0 Å². The normalized spacial score (nSPS) is 17.2. The highest BCUT2D eigenvalue weighted by molar-refractivity contribution is 14.0. The van der Waals surface area contributed by atoms with Gasteiger partial charge >= 0.3 is 0 Å². The number of nitrogens with zero attached hydrogens (tertiary/aromatic N) is 3. The molecule has 1 fully saturated rings. The minimum atomic E-state index is 0. The van der Waals surface area contributed by atoms with E-state index in [2.05, 4.69) is 58.4 Å². The van der Waals surface area contributed by atoms with Crippen LogP contribution in [0.2, 0.25) is 0 Å². The predicted octanol–water partition coefficient (Wildman–Crippen LogP) is 4.06. The molecule has 6 nitrogen and oxygen atoms in total. The topological polar surface area (TPSA) is 65.7 Å². The molecule has 3 rings (SSSR count). The van der Waals surface area contributed by atoms with Crippen LogP contribution in [-0.2, 0) is 6.54 Å². The van der Waals surface area contributed by atoms with Gasteiger partial charge in [0.25, 0.3) is 0 Å². The summed E-state index contributed by atoms with van der Waals surface area (Å²) in [5.74, 6) is 2.18. The van der Waals surface area contributed by atoms with Crippen molar-refractivity contribution in [1.29, 1.82) is 0 Å². The van der Waals surface area contributed by atoms with Crippen molar-refractivity contribution in [3.05, 3.63) is 41.8 Å². The van der Waals surface area contributed by atoms with Crippen molar-refractivity contribution in [3.8, 4) is 11.5 Å². The Bertz CT molecular complexity index is 759. The maximum absolute atomic E-state index is 5.63. The molecule has 1 unspecified atom stereocenters. The molecular formula is C22H34IN5O. The SMILES string of the molecule is CCCN1CCC(CNC(=NCc2coc(-c3ccc(C)cc3)n2)NCC)C1.I. The van der Waals surface area contributed by atoms with E-state index in [1.54, 1.807) is 6.26 Å². The Morgan fingerprint density at radius 2 is 2.03 bits per heavy atom. The van der Waals surface area contributed by atoms with Gasteiger partial charge in [-0.1, -0.05) is 24.6 Å². The van der Waals surface area contributed by atoms with Crippen LogP contribution >= 0.6 is 24.0 Å². The van der Waals surface area contributed by atoms with Gasteiger partial charge in [0.15, 0.2) is 5.96 Å². The fraction of sp³-hybridized carbons (Fsp3) is 0.545. The molecule has 1 saturated heterocycles. The molecule has 7 heteroatoms. The zero-order chi connectivity index (χ0) is 19.8. The molecule has 0 saturated carbocycles. The van der Waals surface area contributed by atoms with Crippen LogP contribution in [0.25, 0.3) is 11.5 Å². The molecule has 0 amide bonds. The number of guanidine groups is 1. The number of rotatable bonds is 8. The van der Waals surface area contributed by atoms with Crippen molar-refractivity contribution in [1.82, 2.24) is 20.5 Å². The summed E-state index contributed by atoms with van der Waals surface area (Å²) in [6.45, 7) is 12.3. The number of oxazole rings is 1. The fourth-order valence-corrected chi connectivity index (χ4v) is 3.55. The van der Waals surface area contributed by atoms with Gasteiger partial charge in [-0.2, -0.15) is 0 Å². The summed E-state index contributed by atoms with van der Waals surface area (Å²) in [5.41, 5.74) is 3.05. The molecular weight excluding hydrogens is 477 g/mol. The second-order valence-electron chi connectivity index (χ2n) is 7.54. The van der Waals surface area contributed by atoms with Gasteiger partial charge in [0.05, 0.1) is 6.54 Å². The average Bonchev–Trinajstić information content (AvgIpc) is 3.35. The van der Waals surface area contributed by atoms with Crippen molar-refractivity contribution < 1.29 is 4.42 Å². The zero-order valence-electron chi connectivity index (χ0n) is 17.8. The molecule has 0 aliphatic carbocycles. The quantitative estimate of drug-likeness (QED) is 0.318. The molecule has 29 heavy (non-hydrogen) atoms. The predicted molar refractivity (Wildman–Crippen MR) is 130 cm³/mol. The first-order valence-corrected chi connectivity index (χ1v) is 10.4. The molecule has 2 N–H and O–H groups in total. The van der Waals surface area contributed by atoms with Crippen LogP contribution < -0.4 is 10.6 Å². The van der Waals surface area contributed by atoms with Gasteiger partial charge in [-0.3, -0.25) is 0 Å². The Hall–Kier alpha value is -1.61. The number of aromatic nitrogens is 1. The Morgan fingerprint density at radius 1 is 1.24 bits per heavy atom. The first-order chi connectivity index (χ1) is 13.7. The lowest BCUT2D eigenvalue weighted by Crippen LogP contribution is -2.40. The summed E-state index contributed by atoms with van der Waals surface area (Å²) in [6, 6.07) is 8.19.